The topological polar surface area (TPSA) is 98.6 Å². The fourth-order valence-corrected chi connectivity index (χ4v) is 2.10. The van der Waals surface area contributed by atoms with Crippen LogP contribution < -0.4 is 11.2 Å². The number of hydroxylamine groups is 2. The Bertz CT molecular complexity index is 521. The van der Waals surface area contributed by atoms with Gasteiger partial charge in [0.15, 0.2) is 0 Å². The van der Waals surface area contributed by atoms with E-state index in [2.05, 4.69) is 4.98 Å². The van der Waals surface area contributed by atoms with Gasteiger partial charge in [-0.1, -0.05) is 0 Å². The zero-order valence-electron chi connectivity index (χ0n) is 9.46. The molecule has 17 heavy (non-hydrogen) atoms. The summed E-state index contributed by atoms with van der Waals surface area (Å²) in [7, 11) is 0. The summed E-state index contributed by atoms with van der Waals surface area (Å²) in [6, 6.07) is -0.598. The molecule has 0 saturated carbocycles. The predicted octanol–water partition coefficient (Wildman–Crippen LogP) is -1.16. The first-order valence-electron chi connectivity index (χ1n) is 5.41. The van der Waals surface area contributed by atoms with Gasteiger partial charge < -0.3 is 10.3 Å². The van der Waals surface area contributed by atoms with E-state index >= 15 is 0 Å². The molecule has 0 bridgehead atoms. The van der Waals surface area contributed by atoms with E-state index in [1.54, 1.807) is 6.92 Å². The lowest BCUT2D eigenvalue weighted by atomic mass is 10.2. The Kier molecular flexibility index (Phi) is 3.14. The van der Waals surface area contributed by atoms with E-state index in [1.165, 1.54) is 10.8 Å². The first-order valence-corrected chi connectivity index (χ1v) is 5.41. The van der Waals surface area contributed by atoms with Gasteiger partial charge in [0, 0.05) is 18.3 Å². The standard InChI is InChI=1S/C10H15N3O4/c1-6-3-12(10(16)11-9(6)15)7-2-8(5-14)13(17)4-7/h3,7-8,14,17H,2,4-5H2,1H3,(H,11,15,16)/t7-,8-/m1/s1. The van der Waals surface area contributed by atoms with Gasteiger partial charge in [0.2, 0.25) is 0 Å². The van der Waals surface area contributed by atoms with Gasteiger partial charge in [0.05, 0.1) is 18.7 Å². The summed E-state index contributed by atoms with van der Waals surface area (Å²) >= 11 is 0. The highest BCUT2D eigenvalue weighted by atomic mass is 16.5. The minimum absolute atomic E-state index is 0.163. The van der Waals surface area contributed by atoms with Crippen molar-refractivity contribution in [3.05, 3.63) is 32.6 Å². The number of aliphatic hydroxyl groups excluding tert-OH is 1. The van der Waals surface area contributed by atoms with Crippen LogP contribution in [0.4, 0.5) is 0 Å². The van der Waals surface area contributed by atoms with Crippen LogP contribution >= 0.6 is 0 Å². The number of nitrogens with one attached hydrogen (secondary N) is 1. The Balaban J connectivity index is 2.34. The number of hydrogen-bond donors (Lipinski definition) is 3. The van der Waals surface area contributed by atoms with Crippen molar-refractivity contribution in [2.24, 2.45) is 0 Å². The summed E-state index contributed by atoms with van der Waals surface area (Å²) in [5, 5.41) is 19.6. The molecule has 0 spiro atoms. The van der Waals surface area contributed by atoms with Gasteiger partial charge in [0.25, 0.3) is 5.56 Å². The van der Waals surface area contributed by atoms with Crippen LogP contribution in [0.1, 0.15) is 18.0 Å². The van der Waals surface area contributed by atoms with E-state index < -0.39 is 11.2 Å². The van der Waals surface area contributed by atoms with Crippen molar-refractivity contribution in [2.45, 2.75) is 25.4 Å². The Labute approximate surface area is 96.9 Å². The van der Waals surface area contributed by atoms with Crippen molar-refractivity contribution in [2.75, 3.05) is 13.2 Å². The first-order chi connectivity index (χ1) is 8.02. The molecule has 1 aromatic heterocycles. The number of aryl methyl sites for hydroxylation is 1. The molecule has 0 amide bonds. The van der Waals surface area contributed by atoms with Gasteiger partial charge in [-0.05, 0) is 13.3 Å². The largest absolute Gasteiger partial charge is 0.395 e. The molecule has 2 rings (SSSR count). The maximum atomic E-state index is 11.6. The fraction of sp³-hybridized carbons (Fsp3) is 0.600. The average molecular weight is 241 g/mol. The third-order valence-corrected chi connectivity index (χ3v) is 3.11. The lowest BCUT2D eigenvalue weighted by Gasteiger charge is -2.13. The van der Waals surface area contributed by atoms with Gasteiger partial charge in [0.1, 0.15) is 0 Å². The minimum atomic E-state index is -0.488. The van der Waals surface area contributed by atoms with Crippen molar-refractivity contribution in [1.82, 2.24) is 14.6 Å². The summed E-state index contributed by atoms with van der Waals surface area (Å²) < 4.78 is 1.40. The summed E-state index contributed by atoms with van der Waals surface area (Å²) in [6.45, 7) is 1.71. The molecule has 0 unspecified atom stereocenters. The van der Waals surface area contributed by atoms with E-state index in [-0.39, 0.29) is 25.2 Å². The number of aromatic nitrogens is 2. The quantitative estimate of drug-likeness (QED) is 0.606. The Morgan fingerprint density at radius 3 is 2.82 bits per heavy atom. The molecule has 1 aliphatic heterocycles. The average Bonchev–Trinajstić information content (AvgIpc) is 2.65. The molecule has 0 radical (unpaired) electrons. The van der Waals surface area contributed by atoms with Crippen molar-refractivity contribution in [1.29, 1.82) is 0 Å². The molecule has 1 aliphatic rings. The molecule has 94 valence electrons. The fourth-order valence-electron chi connectivity index (χ4n) is 2.10. The highest BCUT2D eigenvalue weighted by Crippen LogP contribution is 2.23. The summed E-state index contributed by atoms with van der Waals surface area (Å²) in [4.78, 5) is 25.1. The second-order valence-corrected chi connectivity index (χ2v) is 4.33. The van der Waals surface area contributed by atoms with Gasteiger partial charge in [-0.15, -0.1) is 0 Å². The number of hydrogen-bond acceptors (Lipinski definition) is 5. The van der Waals surface area contributed by atoms with Crippen LogP contribution in [-0.4, -0.2) is 44.1 Å². The first kappa shape index (κ1) is 12.0. The van der Waals surface area contributed by atoms with Crippen LogP contribution in [0.15, 0.2) is 15.8 Å². The Morgan fingerprint density at radius 1 is 1.53 bits per heavy atom. The lowest BCUT2D eigenvalue weighted by molar-refractivity contribution is -0.114. The Hall–Kier alpha value is -1.44. The highest BCUT2D eigenvalue weighted by molar-refractivity contribution is 5.03. The molecule has 1 aromatic rings. The van der Waals surface area contributed by atoms with Crippen LogP contribution in [-0.2, 0) is 0 Å². The predicted molar refractivity (Wildman–Crippen MR) is 59.1 cm³/mol. The second-order valence-electron chi connectivity index (χ2n) is 4.33. The molecule has 3 N–H and O–H groups in total. The molecular formula is C10H15N3O4. The van der Waals surface area contributed by atoms with Crippen LogP contribution in [0.3, 0.4) is 0 Å². The third kappa shape index (κ3) is 2.17. The molecule has 0 aromatic carbocycles. The van der Waals surface area contributed by atoms with Crippen molar-refractivity contribution in [3.63, 3.8) is 0 Å². The van der Waals surface area contributed by atoms with Gasteiger partial charge >= 0.3 is 5.69 Å². The van der Waals surface area contributed by atoms with Gasteiger partial charge in [-0.3, -0.25) is 14.3 Å². The number of rotatable bonds is 2. The summed E-state index contributed by atoms with van der Waals surface area (Å²) in [5.41, 5.74) is -0.442. The smallest absolute Gasteiger partial charge is 0.328 e. The van der Waals surface area contributed by atoms with Crippen LogP contribution in [0.25, 0.3) is 0 Å². The van der Waals surface area contributed by atoms with Gasteiger partial charge in [-0.2, -0.15) is 5.06 Å². The van der Waals surface area contributed by atoms with E-state index in [9.17, 15) is 14.8 Å². The van der Waals surface area contributed by atoms with E-state index in [4.69, 9.17) is 5.11 Å². The molecule has 7 nitrogen and oxygen atoms in total. The van der Waals surface area contributed by atoms with E-state index in [0.717, 1.165) is 5.06 Å². The molecule has 1 saturated heterocycles. The van der Waals surface area contributed by atoms with Crippen LogP contribution in [0.2, 0.25) is 0 Å². The zero-order chi connectivity index (χ0) is 12.6. The molecular weight excluding hydrogens is 226 g/mol. The number of H-pyrrole nitrogens is 1. The lowest BCUT2D eigenvalue weighted by Crippen LogP contribution is -2.34. The van der Waals surface area contributed by atoms with Gasteiger partial charge in [-0.25, -0.2) is 4.79 Å². The number of aliphatic hydroxyl groups is 1. The zero-order valence-corrected chi connectivity index (χ0v) is 9.46. The monoisotopic (exact) mass is 241 g/mol. The molecule has 7 heteroatoms. The van der Waals surface area contributed by atoms with Crippen molar-refractivity contribution < 1.29 is 10.3 Å². The summed E-state index contributed by atoms with van der Waals surface area (Å²) in [5.74, 6) is 0. The second kappa shape index (κ2) is 4.44. The van der Waals surface area contributed by atoms with Crippen LogP contribution in [0, 0.1) is 6.92 Å². The third-order valence-electron chi connectivity index (χ3n) is 3.11. The number of aromatic amines is 1. The highest BCUT2D eigenvalue weighted by Gasteiger charge is 2.32. The Morgan fingerprint density at radius 2 is 2.24 bits per heavy atom. The van der Waals surface area contributed by atoms with E-state index in [1.807, 2.05) is 0 Å². The SMILES string of the molecule is Cc1cn([C@@H]2C[C@H](CO)N(O)C2)c(=O)[nH]c1=O. The molecule has 2 heterocycles. The van der Waals surface area contributed by atoms with Crippen molar-refractivity contribution in [3.8, 4) is 0 Å². The molecule has 2 atom stereocenters. The summed E-state index contributed by atoms with van der Waals surface area (Å²) in [6.07, 6.45) is 1.96. The molecule has 1 fully saturated rings. The van der Waals surface area contributed by atoms with Crippen molar-refractivity contribution >= 4 is 0 Å². The number of nitrogens with zero attached hydrogens (tertiary/aromatic N) is 2. The normalized spacial score (nSPS) is 25.4. The molecule has 0 aliphatic carbocycles. The minimum Gasteiger partial charge on any atom is -0.395 e. The maximum absolute atomic E-state index is 11.6. The van der Waals surface area contributed by atoms with E-state index in [0.29, 0.717) is 12.0 Å². The van der Waals surface area contributed by atoms with Crippen LogP contribution in [0.5, 0.6) is 0 Å². The maximum Gasteiger partial charge on any atom is 0.328 e.